The van der Waals surface area contributed by atoms with Crippen LogP contribution in [0.2, 0.25) is 0 Å². The molecule has 5 atom stereocenters. The number of likely N-dealkylation sites (tertiary alicyclic amines) is 1. The molecule has 42 heavy (non-hydrogen) atoms. The van der Waals surface area contributed by atoms with Crippen molar-refractivity contribution in [3.05, 3.63) is 58.8 Å². The molecule has 11 heteroatoms. The van der Waals surface area contributed by atoms with E-state index < -0.39 is 53.3 Å². The number of aliphatic carboxylic acids is 1. The van der Waals surface area contributed by atoms with Gasteiger partial charge in [0.15, 0.2) is 0 Å². The Morgan fingerprint density at radius 3 is 2.45 bits per heavy atom. The number of methoxy groups -OCH3 is 1. The number of nitrogens with one attached hydrogen (secondary N) is 1. The van der Waals surface area contributed by atoms with Gasteiger partial charge >= 0.3 is 12.1 Å². The third-order valence-electron chi connectivity index (χ3n) is 8.29. The van der Waals surface area contributed by atoms with E-state index in [1.54, 1.807) is 0 Å². The lowest BCUT2D eigenvalue weighted by Crippen LogP contribution is -2.50. The molecule has 2 aliphatic heterocycles. The van der Waals surface area contributed by atoms with Crippen molar-refractivity contribution in [2.45, 2.75) is 90.3 Å². The summed E-state index contributed by atoms with van der Waals surface area (Å²) in [4.78, 5) is 32.5. The van der Waals surface area contributed by atoms with Gasteiger partial charge in [-0.1, -0.05) is 58.9 Å². The smallest absolute Gasteiger partial charge is 0.417 e. The topological polar surface area (TPSA) is 101 Å². The molecule has 1 aromatic heterocycles. The summed E-state index contributed by atoms with van der Waals surface area (Å²) in [5.74, 6) is -2.06. The lowest BCUT2D eigenvalue weighted by Gasteiger charge is -2.35. The number of carbonyl (C=O) groups excluding carboxylic acids is 1. The molecule has 2 aromatic rings. The van der Waals surface area contributed by atoms with E-state index >= 15 is 0 Å². The maximum absolute atomic E-state index is 14.1. The highest BCUT2D eigenvalue weighted by Gasteiger charge is 2.59. The predicted octanol–water partition coefficient (Wildman–Crippen LogP) is 5.57. The first-order valence-electron chi connectivity index (χ1n) is 14.3. The molecular formula is C31H40F3N3O5. The summed E-state index contributed by atoms with van der Waals surface area (Å²) in [6.07, 6.45) is -3.45. The number of ether oxygens (including phenoxy) is 2. The summed E-state index contributed by atoms with van der Waals surface area (Å²) in [5.41, 5.74) is 0.388. The Kier molecular flexibility index (Phi) is 9.22. The number of amides is 1. The number of carboxylic acid groups (broad SMARTS) is 1. The van der Waals surface area contributed by atoms with Gasteiger partial charge in [0.05, 0.1) is 18.7 Å². The Labute approximate surface area is 244 Å². The molecule has 1 amide bonds. The van der Waals surface area contributed by atoms with Crippen molar-refractivity contribution in [2.24, 2.45) is 11.3 Å². The monoisotopic (exact) mass is 591 g/mol. The minimum atomic E-state index is -4.60. The second-order valence-electron chi connectivity index (χ2n) is 12.4. The highest BCUT2D eigenvalue weighted by molar-refractivity contribution is 5.88. The van der Waals surface area contributed by atoms with Gasteiger partial charge in [-0.2, -0.15) is 13.2 Å². The van der Waals surface area contributed by atoms with Crippen molar-refractivity contribution >= 4 is 11.9 Å². The highest BCUT2D eigenvalue weighted by atomic mass is 19.4. The summed E-state index contributed by atoms with van der Waals surface area (Å²) in [7, 11) is 1.33. The molecule has 3 heterocycles. The van der Waals surface area contributed by atoms with Crippen molar-refractivity contribution in [3.63, 3.8) is 0 Å². The van der Waals surface area contributed by atoms with Gasteiger partial charge in [-0.25, -0.2) is 9.78 Å². The number of rotatable bonds is 8. The maximum Gasteiger partial charge on any atom is 0.417 e. The van der Waals surface area contributed by atoms with Crippen LogP contribution >= 0.6 is 0 Å². The van der Waals surface area contributed by atoms with Crippen LogP contribution in [0.15, 0.2) is 36.5 Å². The van der Waals surface area contributed by atoms with Crippen LogP contribution in [0.25, 0.3) is 0 Å². The lowest BCUT2D eigenvalue weighted by atomic mass is 9.72. The Balaban J connectivity index is 1.89. The molecule has 0 unspecified atom stereocenters. The van der Waals surface area contributed by atoms with Crippen LogP contribution < -0.4 is 10.1 Å². The number of benzene rings is 1. The van der Waals surface area contributed by atoms with Crippen LogP contribution in [0.1, 0.15) is 81.7 Å². The molecule has 2 saturated heterocycles. The average molecular weight is 592 g/mol. The van der Waals surface area contributed by atoms with Gasteiger partial charge in [0.2, 0.25) is 5.88 Å². The van der Waals surface area contributed by atoms with Crippen LogP contribution in [0.3, 0.4) is 0 Å². The second kappa shape index (κ2) is 12.2. The van der Waals surface area contributed by atoms with E-state index in [9.17, 15) is 27.9 Å². The van der Waals surface area contributed by atoms with Gasteiger partial charge < -0.3 is 24.8 Å². The SMILES string of the molecule is COc1ncc(C(F)(F)F)cc1CN[C@H]1[C@H](C(C)(C)C)[C@@H](C(=O)O)N(C(=O)[C@@H]2CCCO2)[C@H]1c1ccccc1C(C)C. The molecule has 1 aromatic carbocycles. The fourth-order valence-electron chi connectivity index (χ4n) is 6.49. The first kappa shape index (κ1) is 31.7. The zero-order valence-corrected chi connectivity index (χ0v) is 24.9. The summed E-state index contributed by atoms with van der Waals surface area (Å²) in [6, 6.07) is 6.04. The third kappa shape index (κ3) is 6.27. The van der Waals surface area contributed by atoms with Crippen LogP contribution in [-0.2, 0) is 27.0 Å². The van der Waals surface area contributed by atoms with Gasteiger partial charge in [-0.15, -0.1) is 0 Å². The fourth-order valence-corrected chi connectivity index (χ4v) is 6.49. The van der Waals surface area contributed by atoms with Crippen LogP contribution in [0.4, 0.5) is 13.2 Å². The Morgan fingerprint density at radius 1 is 1.21 bits per heavy atom. The normalized spacial score (nSPS) is 24.8. The molecule has 2 aliphatic rings. The number of alkyl halides is 3. The molecule has 0 aliphatic carbocycles. The van der Waals surface area contributed by atoms with Gasteiger partial charge in [0, 0.05) is 36.9 Å². The summed E-state index contributed by atoms with van der Waals surface area (Å²) in [5, 5.41) is 14.0. The van der Waals surface area contributed by atoms with E-state index in [0.717, 1.165) is 23.4 Å². The molecule has 2 fully saturated rings. The van der Waals surface area contributed by atoms with Gasteiger partial charge in [0.25, 0.3) is 5.91 Å². The molecule has 0 bridgehead atoms. The summed E-state index contributed by atoms with van der Waals surface area (Å²) >= 11 is 0. The first-order valence-corrected chi connectivity index (χ1v) is 14.3. The van der Waals surface area contributed by atoms with E-state index in [-0.39, 0.29) is 29.8 Å². The highest BCUT2D eigenvalue weighted by Crippen LogP contribution is 2.50. The van der Waals surface area contributed by atoms with Gasteiger partial charge in [-0.05, 0) is 41.4 Å². The molecule has 0 radical (unpaired) electrons. The Morgan fingerprint density at radius 2 is 1.90 bits per heavy atom. The van der Waals surface area contributed by atoms with Crippen LogP contribution in [0, 0.1) is 11.3 Å². The first-order chi connectivity index (χ1) is 19.7. The van der Waals surface area contributed by atoms with Gasteiger partial charge in [0.1, 0.15) is 12.1 Å². The number of carboxylic acids is 1. The van der Waals surface area contributed by atoms with Crippen LogP contribution in [-0.4, -0.2) is 58.8 Å². The summed E-state index contributed by atoms with van der Waals surface area (Å²) < 4.78 is 51.7. The van der Waals surface area contributed by atoms with Crippen molar-refractivity contribution in [1.82, 2.24) is 15.2 Å². The third-order valence-corrected chi connectivity index (χ3v) is 8.29. The Hall–Kier alpha value is -3.18. The minimum Gasteiger partial charge on any atom is -0.481 e. The van der Waals surface area contributed by atoms with Crippen molar-refractivity contribution in [2.75, 3.05) is 13.7 Å². The maximum atomic E-state index is 14.1. The molecule has 0 spiro atoms. The molecule has 2 N–H and O–H groups in total. The average Bonchev–Trinajstić information content (AvgIpc) is 3.57. The number of halogens is 3. The van der Waals surface area contributed by atoms with Crippen LogP contribution in [0.5, 0.6) is 5.88 Å². The zero-order chi connectivity index (χ0) is 31.0. The number of pyridine rings is 1. The van der Waals surface area contributed by atoms with E-state index in [0.29, 0.717) is 19.4 Å². The molecule has 8 nitrogen and oxygen atoms in total. The second-order valence-corrected chi connectivity index (χ2v) is 12.4. The summed E-state index contributed by atoms with van der Waals surface area (Å²) in [6.45, 7) is 10.1. The minimum absolute atomic E-state index is 0.0296. The molecule has 4 rings (SSSR count). The van der Waals surface area contributed by atoms with Crippen molar-refractivity contribution in [1.29, 1.82) is 0 Å². The largest absolute Gasteiger partial charge is 0.481 e. The van der Waals surface area contributed by atoms with Crippen molar-refractivity contribution in [3.8, 4) is 5.88 Å². The standard InChI is InChI=1S/C31H40F3N3O5/c1-17(2)20-10-7-8-11-21(20)25-24(35-15-18-14-19(31(32,33)34)16-36-27(18)41-6)23(30(3,4)5)26(29(39)40)37(25)28(38)22-12-9-13-42-22/h7-8,10-11,14,16-17,22-26,35H,9,12-13,15H2,1-6H3,(H,39,40)/t22-,23-,24-,25-,26-/m0/s1. The lowest BCUT2D eigenvalue weighted by molar-refractivity contribution is -0.156. The molecule has 0 saturated carbocycles. The van der Waals surface area contributed by atoms with E-state index in [2.05, 4.69) is 10.3 Å². The number of hydrogen-bond donors (Lipinski definition) is 2. The van der Waals surface area contributed by atoms with Crippen molar-refractivity contribution < 1.29 is 37.3 Å². The number of carbonyl (C=O) groups is 2. The number of nitrogens with zero attached hydrogens (tertiary/aromatic N) is 2. The quantitative estimate of drug-likeness (QED) is 0.414. The molecular weight excluding hydrogens is 551 g/mol. The number of hydrogen-bond acceptors (Lipinski definition) is 6. The predicted molar refractivity (Wildman–Crippen MR) is 150 cm³/mol. The van der Waals surface area contributed by atoms with Gasteiger partial charge in [-0.3, -0.25) is 4.79 Å². The zero-order valence-electron chi connectivity index (χ0n) is 24.9. The van der Waals surface area contributed by atoms with E-state index in [1.807, 2.05) is 58.9 Å². The Bertz CT molecular complexity index is 1290. The number of aromatic nitrogens is 1. The fraction of sp³-hybridized carbons (Fsp3) is 0.581. The van der Waals surface area contributed by atoms with E-state index in [4.69, 9.17) is 9.47 Å². The molecule has 230 valence electrons. The van der Waals surface area contributed by atoms with E-state index in [1.165, 1.54) is 12.0 Å².